The van der Waals surface area contributed by atoms with Gasteiger partial charge in [0.1, 0.15) is 0 Å². The van der Waals surface area contributed by atoms with Crippen LogP contribution in [0.3, 0.4) is 0 Å². The van der Waals surface area contributed by atoms with Crippen LogP contribution in [0.1, 0.15) is 11.1 Å². The molecule has 0 radical (unpaired) electrons. The van der Waals surface area contributed by atoms with Crippen molar-refractivity contribution in [2.75, 3.05) is 7.11 Å². The average Bonchev–Trinajstić information content (AvgIpc) is 2.54. The summed E-state index contributed by atoms with van der Waals surface area (Å²) in [4.78, 5) is 13.1. The van der Waals surface area contributed by atoms with Gasteiger partial charge in [-0.1, -0.05) is 17.3 Å². The van der Waals surface area contributed by atoms with Crippen molar-refractivity contribution in [3.8, 4) is 5.75 Å². The molecule has 0 atom stereocenters. The molecule has 1 heterocycles. The second-order valence-corrected chi connectivity index (χ2v) is 4.36. The third kappa shape index (κ3) is 3.74. The summed E-state index contributed by atoms with van der Waals surface area (Å²) in [5.41, 5.74) is 9.54. The maximum absolute atomic E-state index is 11.3. The van der Waals surface area contributed by atoms with E-state index >= 15 is 0 Å². The summed E-state index contributed by atoms with van der Waals surface area (Å²) in [6, 6.07) is 5.83. The normalized spacial score (nSPS) is 10.3. The van der Waals surface area contributed by atoms with Crippen LogP contribution in [0.4, 0.5) is 11.4 Å². The maximum Gasteiger partial charge on any atom is 0.311 e. The van der Waals surface area contributed by atoms with Gasteiger partial charge in [0.05, 0.1) is 17.7 Å². The second kappa shape index (κ2) is 6.92. The van der Waals surface area contributed by atoms with Crippen LogP contribution in [0.25, 0.3) is 22.6 Å². The Morgan fingerprint density at radius 2 is 2.17 bits per heavy atom. The zero-order valence-corrected chi connectivity index (χ0v) is 12.0. The standard InChI is InChI=1S/C14H11N5O4/c1-23-14-5-3-10(8-13(14)19(21)22)2-4-11-9-18(20)7-6-12(11)16-17-15/h2-9H,1H3. The number of benzene rings is 1. The van der Waals surface area contributed by atoms with Gasteiger partial charge in [-0.3, -0.25) is 10.1 Å². The lowest BCUT2D eigenvalue weighted by Gasteiger charge is -2.03. The number of pyridine rings is 1. The zero-order chi connectivity index (χ0) is 16.8. The smallest absolute Gasteiger partial charge is 0.311 e. The highest BCUT2D eigenvalue weighted by atomic mass is 16.6. The lowest BCUT2D eigenvalue weighted by Crippen LogP contribution is -2.24. The Morgan fingerprint density at radius 1 is 1.39 bits per heavy atom. The van der Waals surface area contributed by atoms with Gasteiger partial charge in [-0.05, 0) is 23.2 Å². The van der Waals surface area contributed by atoms with Gasteiger partial charge in [-0.15, -0.1) is 0 Å². The Balaban J connectivity index is 2.41. The van der Waals surface area contributed by atoms with E-state index in [1.54, 1.807) is 12.1 Å². The molecule has 0 spiro atoms. The van der Waals surface area contributed by atoms with E-state index in [4.69, 9.17) is 10.3 Å². The van der Waals surface area contributed by atoms with Crippen LogP contribution in [-0.2, 0) is 0 Å². The molecule has 0 saturated carbocycles. The van der Waals surface area contributed by atoms with Crippen LogP contribution >= 0.6 is 0 Å². The van der Waals surface area contributed by atoms with Crippen LogP contribution < -0.4 is 9.47 Å². The van der Waals surface area contributed by atoms with E-state index in [-0.39, 0.29) is 17.1 Å². The number of aromatic nitrogens is 1. The van der Waals surface area contributed by atoms with Crippen LogP contribution in [0, 0.1) is 15.3 Å². The lowest BCUT2D eigenvalue weighted by molar-refractivity contribution is -0.605. The molecule has 2 aromatic rings. The summed E-state index contributed by atoms with van der Waals surface area (Å²) in [5, 5.41) is 25.8. The molecule has 0 amide bonds. The number of nitro groups is 1. The highest BCUT2D eigenvalue weighted by Crippen LogP contribution is 2.28. The molecule has 1 aromatic carbocycles. The number of ether oxygens (including phenoxy) is 1. The highest BCUT2D eigenvalue weighted by Gasteiger charge is 2.14. The third-order valence-electron chi connectivity index (χ3n) is 2.95. The topological polar surface area (TPSA) is 128 Å². The van der Waals surface area contributed by atoms with E-state index in [0.717, 1.165) is 0 Å². The molecule has 9 heteroatoms. The first-order valence-electron chi connectivity index (χ1n) is 6.33. The highest BCUT2D eigenvalue weighted by molar-refractivity contribution is 5.75. The second-order valence-electron chi connectivity index (χ2n) is 4.36. The minimum Gasteiger partial charge on any atom is -0.619 e. The van der Waals surface area contributed by atoms with Crippen molar-refractivity contribution in [3.05, 3.63) is 73.6 Å². The van der Waals surface area contributed by atoms with Gasteiger partial charge < -0.3 is 9.94 Å². The van der Waals surface area contributed by atoms with Gasteiger partial charge in [-0.2, -0.15) is 4.73 Å². The minimum atomic E-state index is -0.546. The molecule has 0 N–H and O–H groups in total. The van der Waals surface area contributed by atoms with Crippen LogP contribution in [0.5, 0.6) is 5.75 Å². The van der Waals surface area contributed by atoms with Crippen molar-refractivity contribution in [1.82, 2.24) is 0 Å². The van der Waals surface area contributed by atoms with Gasteiger partial charge in [0.15, 0.2) is 18.1 Å². The van der Waals surface area contributed by atoms with E-state index in [2.05, 4.69) is 10.0 Å². The van der Waals surface area contributed by atoms with Gasteiger partial charge in [0, 0.05) is 22.6 Å². The molecule has 116 valence electrons. The van der Waals surface area contributed by atoms with E-state index in [9.17, 15) is 15.3 Å². The number of hydrogen-bond acceptors (Lipinski definition) is 5. The fourth-order valence-electron chi connectivity index (χ4n) is 1.89. The van der Waals surface area contributed by atoms with E-state index in [0.29, 0.717) is 15.9 Å². The van der Waals surface area contributed by atoms with Crippen molar-refractivity contribution in [3.63, 3.8) is 0 Å². The van der Waals surface area contributed by atoms with E-state index < -0.39 is 4.92 Å². The first-order valence-corrected chi connectivity index (χ1v) is 6.33. The van der Waals surface area contributed by atoms with Crippen LogP contribution in [-0.4, -0.2) is 12.0 Å². The molecule has 1 aromatic heterocycles. The van der Waals surface area contributed by atoms with Crippen LogP contribution in [0.2, 0.25) is 0 Å². The first kappa shape index (κ1) is 15.8. The van der Waals surface area contributed by atoms with Gasteiger partial charge >= 0.3 is 5.69 Å². The van der Waals surface area contributed by atoms with Crippen molar-refractivity contribution < 1.29 is 14.4 Å². The van der Waals surface area contributed by atoms with Gasteiger partial charge in [0.2, 0.25) is 0 Å². The maximum atomic E-state index is 11.3. The summed E-state index contributed by atoms with van der Waals surface area (Å²) in [5.74, 6) is 0.152. The number of nitro benzene ring substituents is 1. The Bertz CT molecular complexity index is 828. The molecule has 0 unspecified atom stereocenters. The molecular weight excluding hydrogens is 302 g/mol. The fraction of sp³-hybridized carbons (Fsp3) is 0.0714. The summed E-state index contributed by atoms with van der Waals surface area (Å²) < 4.78 is 5.49. The lowest BCUT2D eigenvalue weighted by atomic mass is 10.1. The Hall–Kier alpha value is -3.58. The molecule has 0 aliphatic rings. The predicted octanol–water partition coefficient (Wildman–Crippen LogP) is 3.35. The van der Waals surface area contributed by atoms with Crippen LogP contribution in [0.15, 0.2) is 41.8 Å². The quantitative estimate of drug-likeness (QED) is 0.159. The molecule has 9 nitrogen and oxygen atoms in total. The summed E-state index contributed by atoms with van der Waals surface area (Å²) in [6.07, 6.45) is 5.54. The van der Waals surface area contributed by atoms with E-state index in [1.165, 1.54) is 43.8 Å². The molecule has 0 bridgehead atoms. The summed E-state index contributed by atoms with van der Waals surface area (Å²) in [6.45, 7) is 0. The predicted molar refractivity (Wildman–Crippen MR) is 82.8 cm³/mol. The number of azide groups is 1. The molecule has 0 fully saturated rings. The average molecular weight is 313 g/mol. The number of nitrogens with zero attached hydrogens (tertiary/aromatic N) is 5. The van der Waals surface area contributed by atoms with Gasteiger partial charge in [0.25, 0.3) is 0 Å². The summed E-state index contributed by atoms with van der Waals surface area (Å²) in [7, 11) is 1.35. The fourth-order valence-corrected chi connectivity index (χ4v) is 1.89. The molecule has 0 saturated heterocycles. The van der Waals surface area contributed by atoms with Crippen molar-refractivity contribution in [1.29, 1.82) is 0 Å². The number of rotatable bonds is 5. The molecular formula is C14H11N5O4. The first-order chi connectivity index (χ1) is 11.0. The van der Waals surface area contributed by atoms with Crippen molar-refractivity contribution in [2.45, 2.75) is 0 Å². The van der Waals surface area contributed by atoms with Crippen molar-refractivity contribution >= 4 is 23.5 Å². The Labute approximate surface area is 130 Å². The molecule has 0 aliphatic carbocycles. The largest absolute Gasteiger partial charge is 0.619 e. The zero-order valence-electron chi connectivity index (χ0n) is 12.0. The molecule has 2 rings (SSSR count). The Morgan fingerprint density at radius 3 is 2.83 bits per heavy atom. The monoisotopic (exact) mass is 313 g/mol. The minimum absolute atomic E-state index is 0.152. The summed E-state index contributed by atoms with van der Waals surface area (Å²) >= 11 is 0. The third-order valence-corrected chi connectivity index (χ3v) is 2.95. The Kier molecular flexibility index (Phi) is 4.75. The number of methoxy groups -OCH3 is 1. The molecule has 0 aliphatic heterocycles. The van der Waals surface area contributed by atoms with Gasteiger partial charge in [-0.25, -0.2) is 0 Å². The number of hydrogen-bond donors (Lipinski definition) is 0. The van der Waals surface area contributed by atoms with E-state index in [1.807, 2.05) is 0 Å². The SMILES string of the molecule is COc1ccc(C=Cc2c[n+]([O-])ccc2N=[N+]=[N-])cc1[N+](=O)[O-]. The molecule has 23 heavy (non-hydrogen) atoms. The van der Waals surface area contributed by atoms with Crippen molar-refractivity contribution in [2.24, 2.45) is 5.11 Å².